The fourth-order valence-corrected chi connectivity index (χ4v) is 3.71. The summed E-state index contributed by atoms with van der Waals surface area (Å²) in [7, 11) is 0. The van der Waals surface area contributed by atoms with Crippen molar-refractivity contribution in [3.8, 4) is 17.1 Å². The number of aryl methyl sites for hydroxylation is 1. The van der Waals surface area contributed by atoms with Crippen molar-refractivity contribution in [1.29, 1.82) is 0 Å². The largest absolute Gasteiger partial charge is 0.490 e. The molecule has 170 valence electrons. The average Bonchev–Trinajstić information content (AvgIpc) is 3.21. The number of para-hydroxylation sites is 2. The molecular weight excluding hydrogens is 414 g/mol. The molecule has 1 atom stereocenters. The van der Waals surface area contributed by atoms with Gasteiger partial charge in [0.25, 0.3) is 0 Å². The molecule has 0 aliphatic rings. The van der Waals surface area contributed by atoms with E-state index in [1.807, 2.05) is 93.6 Å². The molecule has 5 nitrogen and oxygen atoms in total. The minimum atomic E-state index is -0.662. The summed E-state index contributed by atoms with van der Waals surface area (Å²) in [6.45, 7) is 6.60. The summed E-state index contributed by atoms with van der Waals surface area (Å²) in [6.07, 6.45) is -0.662. The summed E-state index contributed by atoms with van der Waals surface area (Å²) in [5, 5.41) is 14.2. The van der Waals surface area contributed by atoms with Gasteiger partial charge in [-0.25, -0.2) is 0 Å². The first-order valence-corrected chi connectivity index (χ1v) is 11.2. The number of ketones is 1. The molecule has 4 aromatic rings. The molecule has 1 unspecified atom stereocenters. The molecule has 1 aromatic heterocycles. The number of fused-ring (bicyclic) bond motifs is 1. The smallest absolute Gasteiger partial charge is 0.197 e. The third-order valence-corrected chi connectivity index (χ3v) is 5.46. The molecule has 4 rings (SSSR count). The molecular formula is C28H29NO4. The number of carbonyl (C=O) groups is 1. The molecule has 0 fully saturated rings. The summed E-state index contributed by atoms with van der Waals surface area (Å²) < 4.78 is 12.2. The lowest BCUT2D eigenvalue weighted by atomic mass is 9.96. The van der Waals surface area contributed by atoms with Crippen molar-refractivity contribution in [3.05, 3.63) is 89.5 Å². The van der Waals surface area contributed by atoms with Crippen LogP contribution >= 0.6 is 0 Å². The van der Waals surface area contributed by atoms with Gasteiger partial charge >= 0.3 is 0 Å². The Kier molecular flexibility index (Phi) is 6.92. The quantitative estimate of drug-likeness (QED) is 0.340. The van der Waals surface area contributed by atoms with E-state index >= 15 is 0 Å². The predicted octanol–water partition coefficient (Wildman–Crippen LogP) is 5.38. The molecule has 0 saturated carbocycles. The Morgan fingerprint density at radius 2 is 1.70 bits per heavy atom. The second kappa shape index (κ2) is 10.0. The fourth-order valence-electron chi connectivity index (χ4n) is 3.71. The Morgan fingerprint density at radius 3 is 2.45 bits per heavy atom. The van der Waals surface area contributed by atoms with E-state index in [2.05, 4.69) is 5.32 Å². The van der Waals surface area contributed by atoms with Crippen molar-refractivity contribution in [1.82, 2.24) is 5.32 Å². The maximum absolute atomic E-state index is 13.6. The molecule has 33 heavy (non-hydrogen) atoms. The van der Waals surface area contributed by atoms with Gasteiger partial charge in [0.2, 0.25) is 0 Å². The van der Waals surface area contributed by atoms with E-state index in [1.165, 1.54) is 0 Å². The van der Waals surface area contributed by atoms with Crippen molar-refractivity contribution in [2.24, 2.45) is 0 Å². The fraction of sp³-hybridized carbons (Fsp3) is 0.250. The lowest BCUT2D eigenvalue weighted by Gasteiger charge is -2.16. The van der Waals surface area contributed by atoms with Gasteiger partial charge in [-0.05, 0) is 25.1 Å². The van der Waals surface area contributed by atoms with E-state index in [-0.39, 0.29) is 18.4 Å². The van der Waals surface area contributed by atoms with Gasteiger partial charge in [0, 0.05) is 23.5 Å². The molecule has 0 saturated heterocycles. The molecule has 2 N–H and O–H groups in total. The number of nitrogens with one attached hydrogen (secondary N) is 1. The number of benzene rings is 3. The number of aliphatic hydroxyl groups is 1. The number of hydrogen-bond donors (Lipinski definition) is 2. The molecule has 0 amide bonds. The standard InChI is InChI=1S/C28H29NO4/c1-18(2)29-16-21(30)17-32-24-10-6-5-9-23(24)28-26(22-8-4-7-11-25(22)33-28)27(31)20-14-12-19(3)13-15-20/h4-15,18,21,29-30H,16-17H2,1-3H3. The van der Waals surface area contributed by atoms with Gasteiger partial charge in [-0.2, -0.15) is 0 Å². The van der Waals surface area contributed by atoms with Crippen molar-refractivity contribution in [2.45, 2.75) is 32.9 Å². The number of carbonyl (C=O) groups excluding carboxylic acids is 1. The molecule has 0 spiro atoms. The van der Waals surface area contributed by atoms with Gasteiger partial charge in [-0.3, -0.25) is 4.79 Å². The number of rotatable bonds is 9. The summed E-state index contributed by atoms with van der Waals surface area (Å²) in [5.41, 5.74) is 3.51. The topological polar surface area (TPSA) is 71.7 Å². The zero-order chi connectivity index (χ0) is 23.4. The van der Waals surface area contributed by atoms with Gasteiger partial charge in [-0.1, -0.05) is 74.0 Å². The van der Waals surface area contributed by atoms with Gasteiger partial charge < -0.3 is 19.6 Å². The average molecular weight is 444 g/mol. The SMILES string of the molecule is Cc1ccc(C(=O)c2c(-c3ccccc3OCC(O)CNC(C)C)oc3ccccc23)cc1. The third kappa shape index (κ3) is 5.16. The second-order valence-electron chi connectivity index (χ2n) is 8.52. The lowest BCUT2D eigenvalue weighted by Crippen LogP contribution is -2.35. The van der Waals surface area contributed by atoms with Gasteiger partial charge in [0.15, 0.2) is 5.78 Å². The Hall–Kier alpha value is -3.41. The van der Waals surface area contributed by atoms with Crippen molar-refractivity contribution >= 4 is 16.8 Å². The highest BCUT2D eigenvalue weighted by Crippen LogP contribution is 2.39. The number of ether oxygens (including phenoxy) is 1. The maximum Gasteiger partial charge on any atom is 0.197 e. The summed E-state index contributed by atoms with van der Waals surface area (Å²) in [4.78, 5) is 13.6. The Labute approximate surface area is 194 Å². The van der Waals surface area contributed by atoms with Crippen LogP contribution in [0.1, 0.15) is 35.3 Å². The number of furan rings is 1. The Bertz CT molecular complexity index is 1240. The molecule has 0 aliphatic carbocycles. The van der Waals surface area contributed by atoms with Crippen molar-refractivity contribution < 1.29 is 19.1 Å². The Balaban J connectivity index is 1.73. The van der Waals surface area contributed by atoms with Crippen LogP contribution in [0.25, 0.3) is 22.3 Å². The highest BCUT2D eigenvalue weighted by molar-refractivity contribution is 6.19. The minimum Gasteiger partial charge on any atom is -0.490 e. The van der Waals surface area contributed by atoms with Gasteiger partial charge in [0.1, 0.15) is 29.8 Å². The number of aliphatic hydroxyl groups excluding tert-OH is 1. The van der Waals surface area contributed by atoms with Crippen LogP contribution in [0.3, 0.4) is 0 Å². The van der Waals surface area contributed by atoms with Crippen molar-refractivity contribution in [2.75, 3.05) is 13.2 Å². The Morgan fingerprint density at radius 1 is 1.00 bits per heavy atom. The zero-order valence-electron chi connectivity index (χ0n) is 19.2. The van der Waals surface area contributed by atoms with Crippen LogP contribution in [0, 0.1) is 6.92 Å². The van der Waals surface area contributed by atoms with Crippen LogP contribution in [0.2, 0.25) is 0 Å². The second-order valence-corrected chi connectivity index (χ2v) is 8.52. The summed E-state index contributed by atoms with van der Waals surface area (Å²) >= 11 is 0. The summed E-state index contributed by atoms with van der Waals surface area (Å²) in [6, 6.07) is 22.8. The van der Waals surface area contributed by atoms with Gasteiger partial charge in [0.05, 0.1) is 11.1 Å². The normalized spacial score (nSPS) is 12.3. The third-order valence-electron chi connectivity index (χ3n) is 5.46. The molecule has 3 aromatic carbocycles. The van der Waals surface area contributed by atoms with Crippen LogP contribution in [-0.4, -0.2) is 36.2 Å². The van der Waals surface area contributed by atoms with E-state index in [4.69, 9.17) is 9.15 Å². The molecule has 0 aliphatic heterocycles. The first-order valence-electron chi connectivity index (χ1n) is 11.2. The monoisotopic (exact) mass is 443 g/mol. The van der Waals surface area contributed by atoms with Gasteiger partial charge in [-0.15, -0.1) is 0 Å². The highest BCUT2D eigenvalue weighted by Gasteiger charge is 2.25. The molecule has 0 radical (unpaired) electrons. The van der Waals surface area contributed by atoms with E-state index in [1.54, 1.807) is 0 Å². The van der Waals surface area contributed by atoms with E-state index in [9.17, 15) is 9.90 Å². The van der Waals surface area contributed by atoms with Crippen LogP contribution in [0.5, 0.6) is 5.75 Å². The first-order chi connectivity index (χ1) is 15.9. The molecule has 0 bridgehead atoms. The van der Waals surface area contributed by atoms with Crippen LogP contribution in [0.4, 0.5) is 0 Å². The van der Waals surface area contributed by atoms with Crippen molar-refractivity contribution in [3.63, 3.8) is 0 Å². The summed E-state index contributed by atoms with van der Waals surface area (Å²) in [5.74, 6) is 0.913. The van der Waals surface area contributed by atoms with E-state index < -0.39 is 6.10 Å². The predicted molar refractivity (Wildman–Crippen MR) is 131 cm³/mol. The zero-order valence-corrected chi connectivity index (χ0v) is 19.2. The van der Waals surface area contributed by atoms with Crippen LogP contribution in [-0.2, 0) is 0 Å². The number of hydrogen-bond acceptors (Lipinski definition) is 5. The van der Waals surface area contributed by atoms with Crippen LogP contribution < -0.4 is 10.1 Å². The van der Waals surface area contributed by atoms with E-state index in [0.717, 1.165) is 10.9 Å². The molecule has 5 heteroatoms. The lowest BCUT2D eigenvalue weighted by molar-refractivity contribution is 0.103. The van der Waals surface area contributed by atoms with Crippen LogP contribution in [0.15, 0.2) is 77.2 Å². The minimum absolute atomic E-state index is 0.106. The maximum atomic E-state index is 13.6. The molecule has 1 heterocycles. The van der Waals surface area contributed by atoms with E-state index in [0.29, 0.717) is 40.3 Å². The highest BCUT2D eigenvalue weighted by atomic mass is 16.5. The first kappa shape index (κ1) is 22.8.